The molecule has 1 atom stereocenters. The fraction of sp³-hybridized carbons (Fsp3) is 0.235. The zero-order valence-corrected chi connectivity index (χ0v) is 14.1. The Balaban J connectivity index is 2.22. The number of benzene rings is 2. The van der Waals surface area contributed by atoms with E-state index in [1.54, 1.807) is 13.0 Å². The largest absolute Gasteiger partial charge is 0.389 e. The van der Waals surface area contributed by atoms with Crippen molar-refractivity contribution in [2.24, 2.45) is 5.18 Å². The molecule has 27 heavy (non-hydrogen) atoms. The van der Waals surface area contributed by atoms with Gasteiger partial charge >= 0.3 is 0 Å². The Morgan fingerprint density at radius 3 is 2.63 bits per heavy atom. The number of nitrogens with one attached hydrogen (secondary N) is 2. The minimum atomic E-state index is -1.38. The Bertz CT molecular complexity index is 848. The van der Waals surface area contributed by atoms with Gasteiger partial charge in [-0.2, -0.15) is 4.91 Å². The van der Waals surface area contributed by atoms with Gasteiger partial charge in [0.1, 0.15) is 25.1 Å². The number of hydroxylamine groups is 1. The van der Waals surface area contributed by atoms with Crippen LogP contribution < -0.4 is 10.8 Å². The number of halogens is 3. The van der Waals surface area contributed by atoms with E-state index in [0.717, 1.165) is 12.1 Å². The SMILES string of the molecule is Cc1ccc(Nc2c(C(=O)NOCC(O)CN=O)ccc(F)c2F)c(F)c1. The van der Waals surface area contributed by atoms with Crippen molar-refractivity contribution in [3.8, 4) is 0 Å². The second-order valence-electron chi connectivity index (χ2n) is 5.60. The predicted octanol–water partition coefficient (Wildman–Crippen LogP) is 2.94. The molecule has 0 aliphatic heterocycles. The van der Waals surface area contributed by atoms with E-state index >= 15 is 0 Å². The maximum atomic E-state index is 14.2. The molecule has 10 heteroatoms. The van der Waals surface area contributed by atoms with Crippen LogP contribution in [0, 0.1) is 29.3 Å². The van der Waals surface area contributed by atoms with E-state index < -0.39 is 48.3 Å². The van der Waals surface area contributed by atoms with E-state index in [1.165, 1.54) is 12.1 Å². The molecule has 0 heterocycles. The second-order valence-corrected chi connectivity index (χ2v) is 5.60. The molecule has 0 aliphatic rings. The van der Waals surface area contributed by atoms with Crippen LogP contribution in [0.4, 0.5) is 24.5 Å². The van der Waals surface area contributed by atoms with Crippen LogP contribution in [0.25, 0.3) is 0 Å². The van der Waals surface area contributed by atoms with E-state index in [-0.39, 0.29) is 11.3 Å². The molecule has 0 aromatic heterocycles. The highest BCUT2D eigenvalue weighted by molar-refractivity contribution is 5.99. The predicted molar refractivity (Wildman–Crippen MR) is 90.9 cm³/mol. The van der Waals surface area contributed by atoms with Gasteiger partial charge in [-0.1, -0.05) is 11.2 Å². The summed E-state index contributed by atoms with van der Waals surface area (Å²) in [7, 11) is 0. The monoisotopic (exact) mass is 383 g/mol. The van der Waals surface area contributed by atoms with Crippen molar-refractivity contribution >= 4 is 17.3 Å². The number of aryl methyl sites for hydroxylation is 1. The number of rotatable bonds is 8. The highest BCUT2D eigenvalue weighted by atomic mass is 19.2. The molecule has 1 unspecified atom stereocenters. The third-order valence-corrected chi connectivity index (χ3v) is 3.45. The molecule has 0 spiro atoms. The standard InChI is InChI=1S/C17H16F3N3O4/c1-9-2-5-14(13(19)6-9)22-16-11(3-4-12(18)15(16)20)17(25)23-27-8-10(24)7-21-26/h2-6,10,22,24H,7-8H2,1H3,(H,23,25). The first-order valence-corrected chi connectivity index (χ1v) is 7.74. The second kappa shape index (κ2) is 9.10. The third kappa shape index (κ3) is 5.25. The summed E-state index contributed by atoms with van der Waals surface area (Å²) in [6.45, 7) is 0.761. The van der Waals surface area contributed by atoms with Crippen molar-refractivity contribution in [2.75, 3.05) is 18.5 Å². The van der Waals surface area contributed by atoms with Crippen LogP contribution in [-0.4, -0.2) is 30.3 Å². The Morgan fingerprint density at radius 1 is 1.22 bits per heavy atom. The molecule has 0 saturated carbocycles. The van der Waals surface area contributed by atoms with Crippen molar-refractivity contribution in [2.45, 2.75) is 13.0 Å². The number of aliphatic hydroxyl groups is 1. The highest BCUT2D eigenvalue weighted by Crippen LogP contribution is 2.28. The first-order valence-electron chi connectivity index (χ1n) is 7.74. The average Bonchev–Trinajstić information content (AvgIpc) is 2.61. The van der Waals surface area contributed by atoms with Gasteiger partial charge in [0, 0.05) is 0 Å². The van der Waals surface area contributed by atoms with Gasteiger partial charge < -0.3 is 10.4 Å². The van der Waals surface area contributed by atoms with Crippen LogP contribution in [0.15, 0.2) is 35.5 Å². The van der Waals surface area contributed by atoms with Crippen molar-refractivity contribution in [3.63, 3.8) is 0 Å². The Labute approximate surface area is 152 Å². The molecule has 0 saturated heterocycles. The molecule has 7 nitrogen and oxygen atoms in total. The lowest BCUT2D eigenvalue weighted by molar-refractivity contribution is -0.00952. The maximum absolute atomic E-state index is 14.2. The molecule has 0 bridgehead atoms. The van der Waals surface area contributed by atoms with Gasteiger partial charge in [0.25, 0.3) is 5.91 Å². The molecule has 3 N–H and O–H groups in total. The zero-order chi connectivity index (χ0) is 20.0. The Kier molecular flexibility index (Phi) is 6.85. The summed E-state index contributed by atoms with van der Waals surface area (Å²) in [6.07, 6.45) is -1.24. The van der Waals surface area contributed by atoms with E-state index in [0.29, 0.717) is 5.56 Å². The van der Waals surface area contributed by atoms with Gasteiger partial charge in [-0.3, -0.25) is 9.63 Å². The van der Waals surface area contributed by atoms with Gasteiger partial charge in [-0.25, -0.2) is 18.7 Å². The topological polar surface area (TPSA) is 100 Å². The van der Waals surface area contributed by atoms with Crippen molar-refractivity contribution < 1.29 is 27.9 Å². The van der Waals surface area contributed by atoms with E-state index in [2.05, 4.69) is 10.5 Å². The van der Waals surface area contributed by atoms with Gasteiger partial charge in [-0.05, 0) is 36.8 Å². The first-order chi connectivity index (χ1) is 12.8. The lowest BCUT2D eigenvalue weighted by Crippen LogP contribution is -2.30. The Hall–Kier alpha value is -2.98. The van der Waals surface area contributed by atoms with Crippen molar-refractivity contribution in [1.29, 1.82) is 0 Å². The number of hydrogen-bond acceptors (Lipinski definition) is 6. The summed E-state index contributed by atoms with van der Waals surface area (Å²) in [5.74, 6) is -4.32. The van der Waals surface area contributed by atoms with Crippen LogP contribution >= 0.6 is 0 Å². The van der Waals surface area contributed by atoms with Gasteiger partial charge in [0.2, 0.25) is 0 Å². The minimum Gasteiger partial charge on any atom is -0.389 e. The third-order valence-electron chi connectivity index (χ3n) is 3.45. The maximum Gasteiger partial charge on any atom is 0.277 e. The summed E-state index contributed by atoms with van der Waals surface area (Å²) in [4.78, 5) is 26.9. The molecule has 1 amide bonds. The van der Waals surface area contributed by atoms with E-state index in [1.807, 2.05) is 5.48 Å². The smallest absolute Gasteiger partial charge is 0.277 e. The quantitative estimate of drug-likeness (QED) is 0.481. The lowest BCUT2D eigenvalue weighted by Gasteiger charge is -2.15. The molecule has 2 aromatic carbocycles. The van der Waals surface area contributed by atoms with Crippen LogP contribution in [0.3, 0.4) is 0 Å². The van der Waals surface area contributed by atoms with Crippen LogP contribution in [0.2, 0.25) is 0 Å². The summed E-state index contributed by atoms with van der Waals surface area (Å²) < 4.78 is 41.8. The molecule has 0 aliphatic carbocycles. The molecular formula is C17H16F3N3O4. The number of carbonyl (C=O) groups excluding carboxylic acids is 1. The van der Waals surface area contributed by atoms with Crippen molar-refractivity contribution in [1.82, 2.24) is 5.48 Å². The van der Waals surface area contributed by atoms with Gasteiger partial charge in [-0.15, -0.1) is 0 Å². The average molecular weight is 383 g/mol. The number of carbonyl (C=O) groups is 1. The summed E-state index contributed by atoms with van der Waals surface area (Å²) >= 11 is 0. The summed E-state index contributed by atoms with van der Waals surface area (Å²) in [5, 5.41) is 14.1. The fourth-order valence-electron chi connectivity index (χ4n) is 2.12. The molecule has 0 radical (unpaired) electrons. The minimum absolute atomic E-state index is 0.160. The van der Waals surface area contributed by atoms with E-state index in [9.17, 15) is 28.0 Å². The van der Waals surface area contributed by atoms with Crippen LogP contribution in [0.5, 0.6) is 0 Å². The number of anilines is 2. The first kappa shape index (κ1) is 20.3. The van der Waals surface area contributed by atoms with E-state index in [4.69, 9.17) is 4.84 Å². The van der Waals surface area contributed by atoms with Crippen LogP contribution in [0.1, 0.15) is 15.9 Å². The van der Waals surface area contributed by atoms with Crippen molar-refractivity contribution in [3.05, 3.63) is 63.8 Å². The normalized spacial score (nSPS) is 11.7. The number of hydrogen-bond donors (Lipinski definition) is 3. The highest BCUT2D eigenvalue weighted by Gasteiger charge is 2.20. The number of aliphatic hydroxyl groups excluding tert-OH is 1. The molecule has 2 rings (SSSR count). The molecule has 0 fully saturated rings. The van der Waals surface area contributed by atoms with Gasteiger partial charge in [0.15, 0.2) is 11.6 Å². The fourth-order valence-corrected chi connectivity index (χ4v) is 2.12. The number of nitroso groups, excluding NO2 is 1. The Morgan fingerprint density at radius 2 is 1.96 bits per heavy atom. The summed E-state index contributed by atoms with van der Waals surface area (Å²) in [5.41, 5.74) is 1.42. The molecule has 2 aromatic rings. The lowest BCUT2D eigenvalue weighted by atomic mass is 10.1. The zero-order valence-electron chi connectivity index (χ0n) is 14.1. The summed E-state index contributed by atoms with van der Waals surface area (Å²) in [6, 6.07) is 5.76. The number of amides is 1. The van der Waals surface area contributed by atoms with Gasteiger partial charge in [0.05, 0.1) is 16.9 Å². The molecule has 144 valence electrons. The molecular weight excluding hydrogens is 367 g/mol. The van der Waals surface area contributed by atoms with Crippen LogP contribution in [-0.2, 0) is 4.84 Å². The number of nitrogens with zero attached hydrogens (tertiary/aromatic N) is 1.